The van der Waals surface area contributed by atoms with Crippen molar-refractivity contribution in [1.82, 2.24) is 24.3 Å². The van der Waals surface area contributed by atoms with Gasteiger partial charge in [-0.2, -0.15) is 0 Å². The van der Waals surface area contributed by atoms with E-state index in [1.54, 1.807) is 13.0 Å². The number of aromatic nitrogens is 5. The standard InChI is InChI=1S/C21H25N7O3S/c1-4-11-27-14(3)24-25-21(27)32-13-16(29)26(5-2)17-18(22)28(20(31)23-19(17)30)12-15-9-7-6-8-10-15/h4,6-10H,1,5,11-13,22H2,2-3H3,(H,23,30,31). The highest BCUT2D eigenvalue weighted by Gasteiger charge is 2.24. The van der Waals surface area contributed by atoms with Crippen LogP contribution >= 0.6 is 11.8 Å². The number of thioether (sulfide) groups is 1. The van der Waals surface area contributed by atoms with Crippen LogP contribution in [0.3, 0.4) is 0 Å². The van der Waals surface area contributed by atoms with Gasteiger partial charge in [0.15, 0.2) is 10.8 Å². The first-order chi connectivity index (χ1) is 15.4. The Morgan fingerprint density at radius 2 is 1.97 bits per heavy atom. The Labute approximate surface area is 188 Å². The van der Waals surface area contributed by atoms with Crippen LogP contribution in [0.1, 0.15) is 18.3 Å². The third kappa shape index (κ3) is 4.83. The summed E-state index contributed by atoms with van der Waals surface area (Å²) in [4.78, 5) is 41.6. The number of H-pyrrole nitrogens is 1. The van der Waals surface area contributed by atoms with Crippen LogP contribution < -0.4 is 21.9 Å². The number of aryl methyl sites for hydroxylation is 1. The van der Waals surface area contributed by atoms with Crippen LogP contribution in [0, 0.1) is 6.92 Å². The van der Waals surface area contributed by atoms with Gasteiger partial charge in [0.05, 0.1) is 12.3 Å². The third-order valence-electron chi connectivity index (χ3n) is 4.82. The van der Waals surface area contributed by atoms with E-state index >= 15 is 0 Å². The zero-order chi connectivity index (χ0) is 23.3. The van der Waals surface area contributed by atoms with Crippen molar-refractivity contribution in [2.75, 3.05) is 22.9 Å². The molecule has 1 aromatic carbocycles. The maximum absolute atomic E-state index is 13.0. The molecule has 0 saturated carbocycles. The highest BCUT2D eigenvalue weighted by molar-refractivity contribution is 7.99. The van der Waals surface area contributed by atoms with E-state index in [2.05, 4.69) is 21.8 Å². The number of anilines is 2. The number of allylic oxidation sites excluding steroid dienone is 1. The first-order valence-electron chi connectivity index (χ1n) is 9.97. The lowest BCUT2D eigenvalue weighted by atomic mass is 10.2. The van der Waals surface area contributed by atoms with Crippen LogP contribution in [-0.2, 0) is 17.9 Å². The maximum atomic E-state index is 13.0. The quantitative estimate of drug-likeness (QED) is 0.368. The fraction of sp³-hybridized carbons (Fsp3) is 0.286. The van der Waals surface area contributed by atoms with Gasteiger partial charge in [0.25, 0.3) is 5.56 Å². The number of carbonyl (C=O) groups is 1. The molecule has 0 radical (unpaired) electrons. The van der Waals surface area contributed by atoms with Gasteiger partial charge in [-0.15, -0.1) is 16.8 Å². The molecule has 3 aromatic rings. The van der Waals surface area contributed by atoms with Crippen molar-refractivity contribution in [3.05, 3.63) is 75.2 Å². The molecule has 2 aromatic heterocycles. The van der Waals surface area contributed by atoms with E-state index in [0.29, 0.717) is 17.5 Å². The molecule has 0 bridgehead atoms. The highest BCUT2D eigenvalue weighted by Crippen LogP contribution is 2.22. The summed E-state index contributed by atoms with van der Waals surface area (Å²) < 4.78 is 3.08. The number of nitrogen functional groups attached to an aromatic ring is 1. The number of aromatic amines is 1. The molecule has 32 heavy (non-hydrogen) atoms. The summed E-state index contributed by atoms with van der Waals surface area (Å²) in [6, 6.07) is 9.24. The molecule has 0 aliphatic heterocycles. The Morgan fingerprint density at radius 1 is 1.25 bits per heavy atom. The van der Waals surface area contributed by atoms with E-state index in [4.69, 9.17) is 5.73 Å². The van der Waals surface area contributed by atoms with Crippen molar-refractivity contribution in [2.45, 2.75) is 32.1 Å². The molecule has 1 amide bonds. The van der Waals surface area contributed by atoms with Crippen molar-refractivity contribution in [2.24, 2.45) is 0 Å². The summed E-state index contributed by atoms with van der Waals surface area (Å²) in [5.74, 6) is 0.319. The van der Waals surface area contributed by atoms with Crippen molar-refractivity contribution in [1.29, 1.82) is 0 Å². The van der Waals surface area contributed by atoms with Gasteiger partial charge in [-0.05, 0) is 19.4 Å². The molecule has 3 rings (SSSR count). The molecule has 0 saturated heterocycles. The number of hydrogen-bond acceptors (Lipinski definition) is 7. The minimum atomic E-state index is -0.706. The Hall–Kier alpha value is -3.60. The monoisotopic (exact) mass is 455 g/mol. The van der Waals surface area contributed by atoms with Crippen molar-refractivity contribution < 1.29 is 4.79 Å². The summed E-state index contributed by atoms with van der Waals surface area (Å²) >= 11 is 1.20. The minimum absolute atomic E-state index is 0.0137. The molecule has 0 aliphatic carbocycles. The van der Waals surface area contributed by atoms with Gasteiger partial charge in [-0.3, -0.25) is 19.1 Å². The summed E-state index contributed by atoms with van der Waals surface area (Å²) in [5.41, 5.74) is 5.68. The normalized spacial score (nSPS) is 10.8. The lowest BCUT2D eigenvalue weighted by Crippen LogP contribution is -2.41. The number of nitrogens with zero attached hydrogens (tertiary/aromatic N) is 5. The van der Waals surface area contributed by atoms with Crippen molar-refractivity contribution in [3.8, 4) is 0 Å². The van der Waals surface area contributed by atoms with E-state index in [0.717, 1.165) is 5.56 Å². The summed E-state index contributed by atoms with van der Waals surface area (Å²) in [7, 11) is 0. The first-order valence-corrected chi connectivity index (χ1v) is 11.0. The summed E-state index contributed by atoms with van der Waals surface area (Å²) in [5, 5.41) is 8.70. The molecule has 3 N–H and O–H groups in total. The molecular weight excluding hydrogens is 430 g/mol. The van der Waals surface area contributed by atoms with Crippen molar-refractivity contribution >= 4 is 29.2 Å². The highest BCUT2D eigenvalue weighted by atomic mass is 32.2. The molecule has 2 heterocycles. The zero-order valence-corrected chi connectivity index (χ0v) is 18.8. The number of nitrogens with two attached hydrogens (primary N) is 1. The third-order valence-corrected chi connectivity index (χ3v) is 5.77. The Bertz CT molecular complexity index is 1230. The van der Waals surface area contributed by atoms with Gasteiger partial charge in [-0.25, -0.2) is 4.79 Å². The Kier molecular flexibility index (Phi) is 7.31. The fourth-order valence-electron chi connectivity index (χ4n) is 3.23. The Balaban J connectivity index is 1.88. The van der Waals surface area contributed by atoms with E-state index in [1.165, 1.54) is 21.2 Å². The van der Waals surface area contributed by atoms with Crippen molar-refractivity contribution in [3.63, 3.8) is 0 Å². The molecular formula is C21H25N7O3S. The SMILES string of the molecule is C=CCn1c(C)nnc1SCC(=O)N(CC)c1c(N)n(Cc2ccccc2)c(=O)[nH]c1=O. The molecule has 168 valence electrons. The van der Waals surface area contributed by atoms with E-state index in [1.807, 2.05) is 41.8 Å². The average Bonchev–Trinajstić information content (AvgIpc) is 3.12. The predicted molar refractivity (Wildman–Crippen MR) is 125 cm³/mol. The predicted octanol–water partition coefficient (Wildman–Crippen LogP) is 1.40. The molecule has 11 heteroatoms. The molecule has 0 fully saturated rings. The molecule has 0 atom stereocenters. The van der Waals surface area contributed by atoms with Gasteiger partial charge in [-0.1, -0.05) is 48.2 Å². The zero-order valence-electron chi connectivity index (χ0n) is 17.9. The number of rotatable bonds is 9. The molecule has 0 spiro atoms. The number of benzene rings is 1. The lowest BCUT2D eigenvalue weighted by Gasteiger charge is -2.23. The first kappa shape index (κ1) is 23.1. The number of amides is 1. The van der Waals surface area contributed by atoms with Crippen LogP contribution in [0.25, 0.3) is 0 Å². The van der Waals surface area contributed by atoms with Gasteiger partial charge < -0.3 is 15.2 Å². The van der Waals surface area contributed by atoms with Gasteiger partial charge in [0, 0.05) is 13.1 Å². The number of carbonyl (C=O) groups excluding carboxylic acids is 1. The number of nitrogens with one attached hydrogen (secondary N) is 1. The second-order valence-electron chi connectivity index (χ2n) is 6.92. The fourth-order valence-corrected chi connectivity index (χ4v) is 4.10. The van der Waals surface area contributed by atoms with E-state index in [-0.39, 0.29) is 36.3 Å². The van der Waals surface area contributed by atoms with E-state index < -0.39 is 11.2 Å². The average molecular weight is 456 g/mol. The second kappa shape index (κ2) is 10.1. The topological polar surface area (TPSA) is 132 Å². The lowest BCUT2D eigenvalue weighted by molar-refractivity contribution is -0.116. The van der Waals surface area contributed by atoms with Crippen LogP contribution in [0.15, 0.2) is 57.7 Å². The van der Waals surface area contributed by atoms with Crippen LogP contribution in [0.5, 0.6) is 0 Å². The second-order valence-corrected chi connectivity index (χ2v) is 7.86. The van der Waals surface area contributed by atoms with Gasteiger partial charge >= 0.3 is 5.69 Å². The van der Waals surface area contributed by atoms with Crippen LogP contribution in [-0.4, -0.2) is 42.5 Å². The molecule has 0 unspecified atom stereocenters. The van der Waals surface area contributed by atoms with Crippen LogP contribution in [0.4, 0.5) is 11.5 Å². The molecule has 0 aliphatic rings. The Morgan fingerprint density at radius 3 is 2.62 bits per heavy atom. The summed E-state index contributed by atoms with van der Waals surface area (Å²) in [6.07, 6.45) is 1.72. The summed E-state index contributed by atoms with van der Waals surface area (Å²) in [6.45, 7) is 8.16. The van der Waals surface area contributed by atoms with Gasteiger partial charge in [0.1, 0.15) is 11.6 Å². The van der Waals surface area contributed by atoms with Crippen LogP contribution in [0.2, 0.25) is 0 Å². The van der Waals surface area contributed by atoms with Gasteiger partial charge in [0.2, 0.25) is 5.91 Å². The maximum Gasteiger partial charge on any atom is 0.330 e. The van der Waals surface area contributed by atoms with E-state index in [9.17, 15) is 14.4 Å². The minimum Gasteiger partial charge on any atom is -0.383 e. The number of hydrogen-bond donors (Lipinski definition) is 2. The smallest absolute Gasteiger partial charge is 0.330 e. The molecule has 10 nitrogen and oxygen atoms in total. The largest absolute Gasteiger partial charge is 0.383 e.